The van der Waals surface area contributed by atoms with E-state index in [0.29, 0.717) is 35.7 Å². The number of anilines is 3. The van der Waals surface area contributed by atoms with E-state index in [9.17, 15) is 4.79 Å². The molecule has 4 aromatic rings. The van der Waals surface area contributed by atoms with Crippen LogP contribution < -0.4 is 16.0 Å². The number of carbonyl (C=O) groups is 1. The fourth-order valence-corrected chi connectivity index (χ4v) is 4.92. The lowest BCUT2D eigenvalue weighted by Crippen LogP contribution is -2.41. The molecule has 9 heteroatoms. The fourth-order valence-electron chi connectivity index (χ4n) is 4.92. The maximum Gasteiger partial charge on any atom is 0.242 e. The molecule has 1 aliphatic rings. The number of benzene rings is 1. The minimum atomic E-state index is -0.450. The van der Waals surface area contributed by atoms with Crippen molar-refractivity contribution >= 4 is 29.0 Å². The van der Waals surface area contributed by atoms with Crippen molar-refractivity contribution in [3.8, 4) is 5.82 Å². The molecule has 3 heterocycles. The van der Waals surface area contributed by atoms with E-state index in [2.05, 4.69) is 30.8 Å². The van der Waals surface area contributed by atoms with E-state index in [4.69, 9.17) is 11.6 Å². The van der Waals surface area contributed by atoms with Crippen molar-refractivity contribution in [3.63, 3.8) is 0 Å². The first-order valence-corrected chi connectivity index (χ1v) is 13.4. The number of aromatic nitrogens is 4. The first-order chi connectivity index (χ1) is 19.2. The molecule has 1 saturated carbocycles. The summed E-state index contributed by atoms with van der Waals surface area (Å²) >= 11 is 0. The van der Waals surface area contributed by atoms with Crippen LogP contribution in [0.15, 0.2) is 79.4 Å². The van der Waals surface area contributed by atoms with Crippen molar-refractivity contribution in [2.24, 2.45) is 5.92 Å². The number of nitrogens with one attached hydrogen (secondary N) is 3. The third kappa shape index (κ3) is 7.20. The predicted octanol–water partition coefficient (Wildman–Crippen LogP) is 6.02. The maximum absolute atomic E-state index is 13.5. The quantitative estimate of drug-likeness (QED) is 0.221. The predicted molar refractivity (Wildman–Crippen MR) is 152 cm³/mol. The van der Waals surface area contributed by atoms with Gasteiger partial charge in [0.15, 0.2) is 5.69 Å². The van der Waals surface area contributed by atoms with Gasteiger partial charge >= 0.3 is 0 Å². The van der Waals surface area contributed by atoms with Gasteiger partial charge < -0.3 is 20.5 Å². The molecule has 0 aliphatic heterocycles. The molecule has 0 radical (unpaired) electrons. The Labute approximate surface area is 228 Å². The van der Waals surface area contributed by atoms with E-state index in [1.807, 2.05) is 59.4 Å². The molecular weight excluding hydrogens is 488 g/mol. The van der Waals surface area contributed by atoms with Crippen LogP contribution in [0.4, 0.5) is 23.1 Å². The molecule has 0 spiro atoms. The number of rotatable bonds is 10. The molecule has 1 atom stereocenters. The Hall–Kier alpha value is -4.71. The number of hydrogen-bond acceptors (Lipinski definition) is 6. The Bertz CT molecular complexity index is 1390. The largest absolute Gasteiger partial charge is 0.358 e. The average molecular weight is 521 g/mol. The molecule has 39 heavy (non-hydrogen) atoms. The second kappa shape index (κ2) is 12.7. The average Bonchev–Trinajstić information content (AvgIpc) is 3.52. The Morgan fingerprint density at radius 2 is 1.85 bits per heavy atom. The summed E-state index contributed by atoms with van der Waals surface area (Å²) in [6.45, 7) is 7.53. The van der Waals surface area contributed by atoms with Gasteiger partial charge in [-0.3, -0.25) is 9.78 Å². The van der Waals surface area contributed by atoms with Gasteiger partial charge in [-0.2, -0.15) is 9.97 Å². The van der Waals surface area contributed by atoms with Gasteiger partial charge in [-0.25, -0.2) is 4.85 Å². The molecule has 5 rings (SSSR count). The molecule has 9 nitrogen and oxygen atoms in total. The highest BCUT2D eigenvalue weighted by Crippen LogP contribution is 2.29. The van der Waals surface area contributed by atoms with Crippen LogP contribution in [0.3, 0.4) is 0 Å². The van der Waals surface area contributed by atoms with Crippen LogP contribution in [-0.4, -0.2) is 31.5 Å². The molecule has 198 valence electrons. The van der Waals surface area contributed by atoms with Gasteiger partial charge in [0.2, 0.25) is 11.9 Å². The van der Waals surface area contributed by atoms with Crippen LogP contribution in [-0.2, 0) is 11.3 Å². The van der Waals surface area contributed by atoms with E-state index in [-0.39, 0.29) is 5.91 Å². The number of pyridine rings is 1. The third-order valence-corrected chi connectivity index (χ3v) is 6.96. The Balaban J connectivity index is 1.38. The summed E-state index contributed by atoms with van der Waals surface area (Å²) in [5.41, 5.74) is 2.31. The summed E-state index contributed by atoms with van der Waals surface area (Å²) < 4.78 is 1.91. The van der Waals surface area contributed by atoms with Gasteiger partial charge in [0, 0.05) is 31.2 Å². The minimum Gasteiger partial charge on any atom is -0.358 e. The number of hydrogen-bond donors (Lipinski definition) is 3. The molecular formula is C30H32N8O. The van der Waals surface area contributed by atoms with Crippen molar-refractivity contribution < 1.29 is 4.79 Å². The van der Waals surface area contributed by atoms with Gasteiger partial charge in [-0.1, -0.05) is 56.4 Å². The summed E-state index contributed by atoms with van der Waals surface area (Å²) in [6.07, 6.45) is 13.9. The van der Waals surface area contributed by atoms with E-state index < -0.39 is 6.04 Å². The van der Waals surface area contributed by atoms with E-state index >= 15 is 0 Å². The molecule has 1 aliphatic carbocycles. The van der Waals surface area contributed by atoms with Crippen molar-refractivity contribution in [1.82, 2.24) is 24.8 Å². The Morgan fingerprint density at radius 3 is 2.56 bits per heavy atom. The third-order valence-electron chi connectivity index (χ3n) is 6.96. The van der Waals surface area contributed by atoms with Crippen molar-refractivity contribution in [3.05, 3.63) is 96.4 Å². The SMILES string of the molecule is [C-]#[N+]c1ccc(CNC(=O)[C@@H](CC2CCCCC2)Nc2cc(-n3cccc3)nc(Nc3cccnc3)n2)cc1. The zero-order valence-corrected chi connectivity index (χ0v) is 21.8. The van der Waals surface area contributed by atoms with Gasteiger partial charge in [0.05, 0.1) is 18.5 Å². The summed E-state index contributed by atoms with van der Waals surface area (Å²) in [5, 5.41) is 9.76. The Morgan fingerprint density at radius 1 is 1.05 bits per heavy atom. The highest BCUT2D eigenvalue weighted by Gasteiger charge is 2.25. The molecule has 1 aromatic carbocycles. The van der Waals surface area contributed by atoms with Crippen LogP contribution >= 0.6 is 0 Å². The second-order valence-electron chi connectivity index (χ2n) is 9.82. The molecule has 0 saturated heterocycles. The summed E-state index contributed by atoms with van der Waals surface area (Å²) in [4.78, 5) is 30.5. The number of nitrogens with zero attached hydrogens (tertiary/aromatic N) is 5. The molecule has 0 unspecified atom stereocenters. The molecule has 0 bridgehead atoms. The van der Waals surface area contributed by atoms with Crippen LogP contribution in [0.25, 0.3) is 10.7 Å². The fraction of sp³-hybridized carbons (Fsp3) is 0.300. The van der Waals surface area contributed by atoms with Crippen LogP contribution in [0, 0.1) is 12.5 Å². The van der Waals surface area contributed by atoms with Crippen molar-refractivity contribution in [1.29, 1.82) is 0 Å². The van der Waals surface area contributed by atoms with Crippen molar-refractivity contribution in [2.75, 3.05) is 10.6 Å². The highest BCUT2D eigenvalue weighted by atomic mass is 16.2. The minimum absolute atomic E-state index is 0.0716. The number of carbonyl (C=O) groups excluding carboxylic acids is 1. The highest BCUT2D eigenvalue weighted by molar-refractivity contribution is 5.84. The maximum atomic E-state index is 13.5. The van der Waals surface area contributed by atoms with E-state index in [1.54, 1.807) is 24.5 Å². The van der Waals surface area contributed by atoms with Gasteiger partial charge in [0.25, 0.3) is 0 Å². The van der Waals surface area contributed by atoms with E-state index in [1.165, 1.54) is 19.3 Å². The zero-order chi connectivity index (χ0) is 26.9. The first kappa shape index (κ1) is 25.9. The molecule has 1 fully saturated rings. The lowest BCUT2D eigenvalue weighted by Gasteiger charge is -2.27. The second-order valence-corrected chi connectivity index (χ2v) is 9.82. The zero-order valence-electron chi connectivity index (χ0n) is 21.8. The van der Waals surface area contributed by atoms with Gasteiger partial charge in [-0.15, -0.1) is 0 Å². The summed E-state index contributed by atoms with van der Waals surface area (Å²) in [5.74, 6) is 2.07. The molecule has 1 amide bonds. The topological polar surface area (TPSA) is 101 Å². The first-order valence-electron chi connectivity index (χ1n) is 13.4. The number of amides is 1. The van der Waals surface area contributed by atoms with Crippen LogP contribution in [0.2, 0.25) is 0 Å². The monoisotopic (exact) mass is 520 g/mol. The van der Waals surface area contributed by atoms with Gasteiger partial charge in [0.1, 0.15) is 17.7 Å². The molecule has 3 N–H and O–H groups in total. The lowest BCUT2D eigenvalue weighted by molar-refractivity contribution is -0.122. The summed E-state index contributed by atoms with van der Waals surface area (Å²) in [7, 11) is 0. The van der Waals surface area contributed by atoms with Crippen molar-refractivity contribution in [2.45, 2.75) is 51.1 Å². The van der Waals surface area contributed by atoms with Crippen LogP contribution in [0.5, 0.6) is 0 Å². The lowest BCUT2D eigenvalue weighted by atomic mass is 9.84. The summed E-state index contributed by atoms with van der Waals surface area (Å²) in [6, 6.07) is 16.3. The standard InChI is InChI=1S/C30H32N8O/c1-31-24-13-11-23(12-14-24)20-33-29(39)26(18-22-8-3-2-4-9-22)35-27-19-28(38-16-5-6-17-38)37-30(36-27)34-25-10-7-15-32-21-25/h5-7,10-17,19,21-22,26H,2-4,8-9,18,20H2,(H,33,39)(H2,34,35,36,37)/t26-/m1/s1. The normalized spacial score (nSPS) is 14.2. The van der Waals surface area contributed by atoms with Crippen LogP contribution in [0.1, 0.15) is 44.1 Å². The van der Waals surface area contributed by atoms with Gasteiger partial charge in [-0.05, 0) is 42.2 Å². The molecule has 3 aromatic heterocycles. The van der Waals surface area contributed by atoms with E-state index in [0.717, 1.165) is 30.5 Å². The Kier molecular flexibility index (Phi) is 8.44. The smallest absolute Gasteiger partial charge is 0.242 e.